The first-order valence-electron chi connectivity index (χ1n) is 6.46. The van der Waals surface area contributed by atoms with Crippen LogP contribution < -0.4 is 11.1 Å². The predicted molar refractivity (Wildman–Crippen MR) is 70.0 cm³/mol. The van der Waals surface area contributed by atoms with Gasteiger partial charge in [-0.3, -0.25) is 4.79 Å². The maximum Gasteiger partial charge on any atom is 0.251 e. The Morgan fingerprint density at radius 2 is 2.06 bits per heavy atom. The number of nitrogens with two attached hydrogens (primary N) is 1. The lowest BCUT2D eigenvalue weighted by atomic mass is 10.1. The van der Waals surface area contributed by atoms with E-state index in [0.717, 1.165) is 24.8 Å². The van der Waals surface area contributed by atoms with E-state index < -0.39 is 0 Å². The standard InChI is InChI=1S/C14H20N2O2/c15-8-10-4-6-11(7-5-10)14(18)16-9-12-2-1-3-13(12)17/h4-7,12-13,17H,1-3,8-9,15H2,(H,16,18). The maximum absolute atomic E-state index is 11.9. The van der Waals surface area contributed by atoms with E-state index in [1.54, 1.807) is 12.1 Å². The van der Waals surface area contributed by atoms with E-state index in [-0.39, 0.29) is 17.9 Å². The van der Waals surface area contributed by atoms with Crippen LogP contribution in [0.2, 0.25) is 0 Å². The van der Waals surface area contributed by atoms with Crippen molar-refractivity contribution in [1.82, 2.24) is 5.32 Å². The molecule has 0 aromatic heterocycles. The molecule has 1 aliphatic carbocycles. The van der Waals surface area contributed by atoms with Gasteiger partial charge in [0.15, 0.2) is 0 Å². The van der Waals surface area contributed by atoms with E-state index in [2.05, 4.69) is 5.32 Å². The molecule has 4 N–H and O–H groups in total. The molecule has 2 rings (SSSR count). The number of aliphatic hydroxyl groups is 1. The van der Waals surface area contributed by atoms with Crippen LogP contribution in [0.15, 0.2) is 24.3 Å². The molecule has 4 heteroatoms. The van der Waals surface area contributed by atoms with E-state index in [4.69, 9.17) is 5.73 Å². The molecule has 2 atom stereocenters. The summed E-state index contributed by atoms with van der Waals surface area (Å²) in [5.41, 5.74) is 7.15. The first-order chi connectivity index (χ1) is 8.70. The first kappa shape index (κ1) is 13.1. The van der Waals surface area contributed by atoms with Gasteiger partial charge in [0.2, 0.25) is 0 Å². The van der Waals surface area contributed by atoms with E-state index >= 15 is 0 Å². The zero-order chi connectivity index (χ0) is 13.0. The lowest BCUT2D eigenvalue weighted by Gasteiger charge is -2.15. The van der Waals surface area contributed by atoms with Gasteiger partial charge in [-0.05, 0) is 30.5 Å². The molecule has 0 aliphatic heterocycles. The fourth-order valence-corrected chi connectivity index (χ4v) is 2.37. The molecule has 1 aromatic carbocycles. The molecule has 0 radical (unpaired) electrons. The Balaban J connectivity index is 1.87. The number of hydrogen-bond acceptors (Lipinski definition) is 3. The minimum Gasteiger partial charge on any atom is -0.393 e. The zero-order valence-electron chi connectivity index (χ0n) is 10.4. The Kier molecular flexibility index (Phi) is 4.33. The second-order valence-corrected chi connectivity index (χ2v) is 4.87. The average Bonchev–Trinajstić information content (AvgIpc) is 2.81. The normalized spacial score (nSPS) is 23.0. The fraction of sp³-hybridized carbons (Fsp3) is 0.500. The molecule has 1 fully saturated rings. The van der Waals surface area contributed by atoms with Gasteiger partial charge in [0.25, 0.3) is 5.91 Å². The van der Waals surface area contributed by atoms with Gasteiger partial charge >= 0.3 is 0 Å². The van der Waals surface area contributed by atoms with Crippen molar-refractivity contribution in [2.75, 3.05) is 6.54 Å². The molecule has 0 saturated heterocycles. The van der Waals surface area contributed by atoms with Crippen LogP contribution in [0.4, 0.5) is 0 Å². The van der Waals surface area contributed by atoms with Gasteiger partial charge in [0.05, 0.1) is 6.10 Å². The van der Waals surface area contributed by atoms with Crippen molar-refractivity contribution in [2.45, 2.75) is 31.9 Å². The number of nitrogens with one attached hydrogen (secondary N) is 1. The van der Waals surface area contributed by atoms with Crippen LogP contribution in [0.3, 0.4) is 0 Å². The Labute approximate surface area is 107 Å². The minimum atomic E-state index is -0.259. The van der Waals surface area contributed by atoms with Crippen LogP contribution in [-0.4, -0.2) is 23.7 Å². The second-order valence-electron chi connectivity index (χ2n) is 4.87. The molecule has 1 aromatic rings. The van der Waals surface area contributed by atoms with E-state index in [1.165, 1.54) is 0 Å². The summed E-state index contributed by atoms with van der Waals surface area (Å²) in [5.74, 6) is 0.120. The van der Waals surface area contributed by atoms with Gasteiger partial charge in [0, 0.05) is 24.6 Å². The monoisotopic (exact) mass is 248 g/mol. The third-order valence-electron chi connectivity index (χ3n) is 3.60. The number of carbonyl (C=O) groups is 1. The van der Waals surface area contributed by atoms with Crippen LogP contribution >= 0.6 is 0 Å². The third-order valence-corrected chi connectivity index (χ3v) is 3.60. The zero-order valence-corrected chi connectivity index (χ0v) is 10.4. The van der Waals surface area contributed by atoms with Crippen LogP contribution in [0.1, 0.15) is 35.2 Å². The van der Waals surface area contributed by atoms with E-state index in [1.807, 2.05) is 12.1 Å². The summed E-state index contributed by atoms with van der Waals surface area (Å²) in [7, 11) is 0. The number of benzene rings is 1. The Morgan fingerprint density at radius 1 is 1.33 bits per heavy atom. The lowest BCUT2D eigenvalue weighted by molar-refractivity contribution is 0.0917. The predicted octanol–water partition coefficient (Wildman–Crippen LogP) is 1.04. The van der Waals surface area contributed by atoms with Gasteiger partial charge in [-0.15, -0.1) is 0 Å². The highest BCUT2D eigenvalue weighted by Gasteiger charge is 2.25. The maximum atomic E-state index is 11.9. The topological polar surface area (TPSA) is 75.4 Å². The van der Waals surface area contributed by atoms with Gasteiger partial charge < -0.3 is 16.2 Å². The second kappa shape index (κ2) is 5.98. The summed E-state index contributed by atoms with van der Waals surface area (Å²) in [4.78, 5) is 11.9. The SMILES string of the molecule is NCc1ccc(C(=O)NCC2CCCC2O)cc1. The molecular weight excluding hydrogens is 228 g/mol. The molecule has 1 amide bonds. The molecule has 4 nitrogen and oxygen atoms in total. The highest BCUT2D eigenvalue weighted by atomic mass is 16.3. The molecule has 1 aliphatic rings. The van der Waals surface area contributed by atoms with Crippen LogP contribution in [0, 0.1) is 5.92 Å². The van der Waals surface area contributed by atoms with Gasteiger partial charge in [0.1, 0.15) is 0 Å². The summed E-state index contributed by atoms with van der Waals surface area (Å²) in [6, 6.07) is 7.28. The summed E-state index contributed by atoms with van der Waals surface area (Å²) >= 11 is 0. The van der Waals surface area contributed by atoms with Crippen LogP contribution in [0.25, 0.3) is 0 Å². The molecule has 1 saturated carbocycles. The van der Waals surface area contributed by atoms with Crippen molar-refractivity contribution in [3.8, 4) is 0 Å². The number of hydrogen-bond donors (Lipinski definition) is 3. The Morgan fingerprint density at radius 3 is 2.61 bits per heavy atom. The lowest BCUT2D eigenvalue weighted by Crippen LogP contribution is -2.32. The first-order valence-corrected chi connectivity index (χ1v) is 6.46. The molecule has 0 bridgehead atoms. The van der Waals surface area contributed by atoms with Gasteiger partial charge in [-0.25, -0.2) is 0 Å². The van der Waals surface area contributed by atoms with Crippen molar-refractivity contribution >= 4 is 5.91 Å². The van der Waals surface area contributed by atoms with Gasteiger partial charge in [-0.1, -0.05) is 18.6 Å². The number of amides is 1. The Hall–Kier alpha value is -1.39. The van der Waals surface area contributed by atoms with Crippen LogP contribution in [-0.2, 0) is 6.54 Å². The van der Waals surface area contributed by atoms with Crippen molar-refractivity contribution in [2.24, 2.45) is 11.7 Å². The molecular formula is C14H20N2O2. The quantitative estimate of drug-likeness (QED) is 0.745. The van der Waals surface area contributed by atoms with E-state index in [9.17, 15) is 9.90 Å². The average molecular weight is 248 g/mol. The Bertz CT molecular complexity index is 403. The molecule has 98 valence electrons. The molecule has 2 unspecified atom stereocenters. The van der Waals surface area contributed by atoms with Crippen molar-refractivity contribution in [1.29, 1.82) is 0 Å². The minimum absolute atomic E-state index is 0.0855. The van der Waals surface area contributed by atoms with Crippen LogP contribution in [0.5, 0.6) is 0 Å². The molecule has 0 spiro atoms. The third kappa shape index (κ3) is 3.09. The number of carbonyl (C=O) groups excluding carboxylic acids is 1. The summed E-state index contributed by atoms with van der Waals surface area (Å²) in [5, 5.41) is 12.6. The van der Waals surface area contributed by atoms with Crippen molar-refractivity contribution in [3.63, 3.8) is 0 Å². The summed E-state index contributed by atoms with van der Waals surface area (Å²) in [6.07, 6.45) is 2.64. The number of aliphatic hydroxyl groups excluding tert-OH is 1. The van der Waals surface area contributed by atoms with Gasteiger partial charge in [-0.2, -0.15) is 0 Å². The van der Waals surface area contributed by atoms with Crippen molar-refractivity contribution in [3.05, 3.63) is 35.4 Å². The summed E-state index contributed by atoms with van der Waals surface area (Å²) in [6.45, 7) is 1.04. The number of rotatable bonds is 4. The molecule has 0 heterocycles. The van der Waals surface area contributed by atoms with Crippen molar-refractivity contribution < 1.29 is 9.90 Å². The highest BCUT2D eigenvalue weighted by molar-refractivity contribution is 5.94. The highest BCUT2D eigenvalue weighted by Crippen LogP contribution is 2.24. The fourth-order valence-electron chi connectivity index (χ4n) is 2.37. The molecule has 18 heavy (non-hydrogen) atoms. The van der Waals surface area contributed by atoms with E-state index in [0.29, 0.717) is 18.7 Å². The largest absolute Gasteiger partial charge is 0.393 e. The smallest absolute Gasteiger partial charge is 0.251 e. The summed E-state index contributed by atoms with van der Waals surface area (Å²) < 4.78 is 0.